The van der Waals surface area contributed by atoms with Gasteiger partial charge in [0.2, 0.25) is 0 Å². The molecule has 1 unspecified atom stereocenters. The van der Waals surface area contributed by atoms with Crippen LogP contribution in [0.2, 0.25) is 0 Å². The van der Waals surface area contributed by atoms with E-state index in [0.29, 0.717) is 17.3 Å². The molecule has 4 heteroatoms. The second-order valence-electron chi connectivity index (χ2n) is 4.04. The van der Waals surface area contributed by atoms with Gasteiger partial charge < -0.3 is 10.2 Å². The van der Waals surface area contributed by atoms with Crippen LogP contribution in [0.15, 0.2) is 18.2 Å². The van der Waals surface area contributed by atoms with Crippen LogP contribution in [0.4, 0.5) is 10.1 Å². The summed E-state index contributed by atoms with van der Waals surface area (Å²) in [6.45, 7) is 1.86. The number of halogens is 1. The van der Waals surface area contributed by atoms with Gasteiger partial charge in [-0.15, -0.1) is 0 Å². The van der Waals surface area contributed by atoms with E-state index in [1.807, 2.05) is 18.0 Å². The topological polar surface area (TPSA) is 39.1 Å². The van der Waals surface area contributed by atoms with Gasteiger partial charge in [0.05, 0.1) is 17.3 Å². The van der Waals surface area contributed by atoms with Crippen molar-refractivity contribution in [1.82, 2.24) is 5.32 Å². The van der Waals surface area contributed by atoms with Gasteiger partial charge in [0.25, 0.3) is 0 Å². The summed E-state index contributed by atoms with van der Waals surface area (Å²) in [6.07, 6.45) is 1.02. The number of rotatable bonds is 2. The summed E-state index contributed by atoms with van der Waals surface area (Å²) in [4.78, 5) is 1.94. The SMILES string of the molecule is CN(c1ccc(C#N)cc1F)C1CCNC1. The Hall–Kier alpha value is -1.60. The van der Waals surface area contributed by atoms with Crippen LogP contribution in [0.1, 0.15) is 12.0 Å². The molecule has 0 radical (unpaired) electrons. The van der Waals surface area contributed by atoms with E-state index in [9.17, 15) is 4.39 Å². The van der Waals surface area contributed by atoms with Crippen LogP contribution < -0.4 is 10.2 Å². The Morgan fingerprint density at radius 3 is 2.94 bits per heavy atom. The predicted molar refractivity (Wildman–Crippen MR) is 60.8 cm³/mol. The highest BCUT2D eigenvalue weighted by Crippen LogP contribution is 2.22. The molecule has 1 aromatic rings. The van der Waals surface area contributed by atoms with E-state index < -0.39 is 0 Å². The average molecular weight is 219 g/mol. The third-order valence-corrected chi connectivity index (χ3v) is 3.04. The lowest BCUT2D eigenvalue weighted by Gasteiger charge is -2.26. The first-order valence-electron chi connectivity index (χ1n) is 5.35. The van der Waals surface area contributed by atoms with Crippen LogP contribution in [0, 0.1) is 17.1 Å². The quantitative estimate of drug-likeness (QED) is 0.819. The third kappa shape index (κ3) is 2.00. The van der Waals surface area contributed by atoms with E-state index in [4.69, 9.17) is 5.26 Å². The van der Waals surface area contributed by atoms with Crippen LogP contribution >= 0.6 is 0 Å². The molecule has 0 amide bonds. The number of nitrogens with zero attached hydrogens (tertiary/aromatic N) is 2. The first-order valence-corrected chi connectivity index (χ1v) is 5.35. The molecule has 16 heavy (non-hydrogen) atoms. The first kappa shape index (κ1) is 10.9. The van der Waals surface area contributed by atoms with Crippen LogP contribution in [0.3, 0.4) is 0 Å². The molecule has 0 spiro atoms. The van der Waals surface area contributed by atoms with Crippen LogP contribution in [0.5, 0.6) is 0 Å². The minimum atomic E-state index is -0.326. The van der Waals surface area contributed by atoms with E-state index in [2.05, 4.69) is 5.32 Å². The van der Waals surface area contributed by atoms with Crippen molar-refractivity contribution in [3.8, 4) is 6.07 Å². The lowest BCUT2D eigenvalue weighted by molar-refractivity contribution is 0.604. The van der Waals surface area contributed by atoms with Crippen molar-refractivity contribution < 1.29 is 4.39 Å². The Balaban J connectivity index is 2.23. The normalized spacial score (nSPS) is 19.4. The molecule has 1 atom stereocenters. The van der Waals surface area contributed by atoms with Crippen molar-refractivity contribution in [2.45, 2.75) is 12.5 Å². The summed E-state index contributed by atoms with van der Waals surface area (Å²) in [5.41, 5.74) is 0.923. The summed E-state index contributed by atoms with van der Waals surface area (Å²) < 4.78 is 13.7. The number of nitriles is 1. The zero-order valence-corrected chi connectivity index (χ0v) is 9.20. The van der Waals surface area contributed by atoms with Crippen LogP contribution in [0.25, 0.3) is 0 Å². The van der Waals surface area contributed by atoms with E-state index >= 15 is 0 Å². The van der Waals surface area contributed by atoms with Crippen molar-refractivity contribution in [3.05, 3.63) is 29.6 Å². The minimum Gasteiger partial charge on any atom is -0.368 e. The predicted octanol–water partition coefficient (Wildman–Crippen LogP) is 1.50. The first-order chi connectivity index (χ1) is 7.72. The summed E-state index contributed by atoms with van der Waals surface area (Å²) in [7, 11) is 1.89. The number of hydrogen-bond donors (Lipinski definition) is 1. The molecule has 0 bridgehead atoms. The molecular formula is C12H14FN3. The van der Waals surface area contributed by atoms with E-state index in [1.165, 1.54) is 6.07 Å². The van der Waals surface area contributed by atoms with Gasteiger partial charge in [0.15, 0.2) is 0 Å². The molecule has 1 heterocycles. The van der Waals surface area contributed by atoms with Gasteiger partial charge >= 0.3 is 0 Å². The Morgan fingerprint density at radius 1 is 1.56 bits per heavy atom. The molecule has 1 aliphatic heterocycles. The Morgan fingerprint density at radius 2 is 2.38 bits per heavy atom. The zero-order valence-electron chi connectivity index (χ0n) is 9.20. The van der Waals surface area contributed by atoms with Gasteiger partial charge in [-0.05, 0) is 31.2 Å². The van der Waals surface area contributed by atoms with Gasteiger partial charge in [-0.25, -0.2) is 4.39 Å². The van der Waals surface area contributed by atoms with Crippen molar-refractivity contribution in [1.29, 1.82) is 5.26 Å². The van der Waals surface area contributed by atoms with E-state index in [1.54, 1.807) is 12.1 Å². The smallest absolute Gasteiger partial charge is 0.147 e. The maximum atomic E-state index is 13.7. The number of nitrogens with one attached hydrogen (secondary N) is 1. The summed E-state index contributed by atoms with van der Waals surface area (Å²) in [5.74, 6) is -0.326. The largest absolute Gasteiger partial charge is 0.368 e. The van der Waals surface area contributed by atoms with Gasteiger partial charge in [0.1, 0.15) is 5.82 Å². The fourth-order valence-electron chi connectivity index (χ4n) is 2.03. The molecule has 1 saturated heterocycles. The maximum absolute atomic E-state index is 13.7. The second-order valence-corrected chi connectivity index (χ2v) is 4.04. The zero-order chi connectivity index (χ0) is 11.5. The molecule has 3 nitrogen and oxygen atoms in total. The summed E-state index contributed by atoms with van der Waals surface area (Å²) in [6, 6.07) is 6.88. The highest BCUT2D eigenvalue weighted by Gasteiger charge is 2.21. The number of hydrogen-bond acceptors (Lipinski definition) is 3. The standard InChI is InChI=1S/C12H14FN3/c1-16(10-4-5-15-8-10)12-3-2-9(7-14)6-11(12)13/h2-3,6,10,15H,4-5,8H2,1H3. The van der Waals surface area contributed by atoms with Crippen molar-refractivity contribution >= 4 is 5.69 Å². The van der Waals surface area contributed by atoms with E-state index in [-0.39, 0.29) is 5.82 Å². The highest BCUT2D eigenvalue weighted by atomic mass is 19.1. The molecule has 1 aromatic carbocycles. The molecular weight excluding hydrogens is 205 g/mol. The van der Waals surface area contributed by atoms with Crippen molar-refractivity contribution in [2.24, 2.45) is 0 Å². The lowest BCUT2D eigenvalue weighted by atomic mass is 10.1. The summed E-state index contributed by atoms with van der Waals surface area (Å²) in [5, 5.41) is 11.9. The van der Waals surface area contributed by atoms with E-state index in [0.717, 1.165) is 19.5 Å². The Bertz CT molecular complexity index is 419. The van der Waals surface area contributed by atoms with Gasteiger partial charge in [-0.3, -0.25) is 0 Å². The van der Waals surface area contributed by atoms with Gasteiger partial charge in [-0.2, -0.15) is 5.26 Å². The number of likely N-dealkylation sites (N-methyl/N-ethyl adjacent to an activating group) is 1. The molecule has 2 rings (SSSR count). The molecule has 1 fully saturated rings. The number of anilines is 1. The average Bonchev–Trinajstić information content (AvgIpc) is 2.81. The Kier molecular flexibility index (Phi) is 3.07. The Labute approximate surface area is 94.5 Å². The van der Waals surface area contributed by atoms with Crippen molar-refractivity contribution in [3.63, 3.8) is 0 Å². The van der Waals surface area contributed by atoms with Gasteiger partial charge in [0, 0.05) is 19.6 Å². The fourth-order valence-corrected chi connectivity index (χ4v) is 2.03. The summed E-state index contributed by atoms with van der Waals surface area (Å²) >= 11 is 0. The third-order valence-electron chi connectivity index (χ3n) is 3.04. The van der Waals surface area contributed by atoms with Crippen LogP contribution in [-0.2, 0) is 0 Å². The molecule has 0 aromatic heterocycles. The molecule has 1 aliphatic rings. The molecule has 1 N–H and O–H groups in total. The number of benzene rings is 1. The second kappa shape index (κ2) is 4.50. The monoisotopic (exact) mass is 219 g/mol. The minimum absolute atomic E-state index is 0.326. The van der Waals surface area contributed by atoms with Crippen molar-refractivity contribution in [2.75, 3.05) is 25.0 Å². The molecule has 0 aliphatic carbocycles. The van der Waals surface area contributed by atoms with Crippen LogP contribution in [-0.4, -0.2) is 26.2 Å². The molecule has 0 saturated carbocycles. The van der Waals surface area contributed by atoms with Gasteiger partial charge in [-0.1, -0.05) is 0 Å². The highest BCUT2D eigenvalue weighted by molar-refractivity contribution is 5.51. The lowest BCUT2D eigenvalue weighted by Crippen LogP contribution is -2.33. The fraction of sp³-hybridized carbons (Fsp3) is 0.417. The molecule has 84 valence electrons. The maximum Gasteiger partial charge on any atom is 0.147 e.